The molecule has 0 aliphatic heterocycles. The SMILES string of the molecule is CCC[C]1C=C(CCC)C2=C1CC(C)C(C)C2. The highest BCUT2D eigenvalue weighted by Crippen LogP contribution is 2.48. The van der Waals surface area contributed by atoms with Crippen LogP contribution in [0.4, 0.5) is 0 Å². The Morgan fingerprint density at radius 1 is 0.941 bits per heavy atom. The van der Waals surface area contributed by atoms with Crippen LogP contribution in [0.2, 0.25) is 0 Å². The van der Waals surface area contributed by atoms with Crippen molar-refractivity contribution in [3.8, 4) is 0 Å². The first-order valence-corrected chi connectivity index (χ1v) is 7.46. The number of hydrogen-bond donors (Lipinski definition) is 0. The first kappa shape index (κ1) is 12.9. The highest BCUT2D eigenvalue weighted by Gasteiger charge is 2.32. The Hall–Kier alpha value is -0.520. The zero-order valence-corrected chi connectivity index (χ0v) is 12.0. The average Bonchev–Trinajstić information content (AvgIpc) is 2.60. The van der Waals surface area contributed by atoms with Crippen molar-refractivity contribution < 1.29 is 0 Å². The molecule has 0 amide bonds. The third-order valence-corrected chi connectivity index (χ3v) is 4.55. The third-order valence-electron chi connectivity index (χ3n) is 4.55. The highest BCUT2D eigenvalue weighted by molar-refractivity contribution is 5.55. The minimum Gasteiger partial charge on any atom is -0.0696 e. The summed E-state index contributed by atoms with van der Waals surface area (Å²) in [4.78, 5) is 0. The monoisotopic (exact) mass is 231 g/mol. The number of allylic oxidation sites excluding steroid dienone is 4. The van der Waals surface area contributed by atoms with Gasteiger partial charge in [-0.1, -0.05) is 52.2 Å². The van der Waals surface area contributed by atoms with Gasteiger partial charge in [0.1, 0.15) is 0 Å². The van der Waals surface area contributed by atoms with Crippen LogP contribution in [-0.4, -0.2) is 0 Å². The Morgan fingerprint density at radius 3 is 2.12 bits per heavy atom. The van der Waals surface area contributed by atoms with E-state index in [9.17, 15) is 0 Å². The highest BCUT2D eigenvalue weighted by atomic mass is 14.4. The van der Waals surface area contributed by atoms with Crippen molar-refractivity contribution in [2.75, 3.05) is 0 Å². The van der Waals surface area contributed by atoms with Gasteiger partial charge in [0, 0.05) is 5.92 Å². The van der Waals surface area contributed by atoms with Crippen molar-refractivity contribution in [2.45, 2.75) is 66.2 Å². The van der Waals surface area contributed by atoms with Gasteiger partial charge in [0.15, 0.2) is 0 Å². The maximum absolute atomic E-state index is 2.53. The van der Waals surface area contributed by atoms with Gasteiger partial charge in [0.25, 0.3) is 0 Å². The summed E-state index contributed by atoms with van der Waals surface area (Å²) in [5.41, 5.74) is 5.14. The Balaban J connectivity index is 2.23. The quantitative estimate of drug-likeness (QED) is 0.602. The second kappa shape index (κ2) is 5.42. The van der Waals surface area contributed by atoms with Gasteiger partial charge in [0.05, 0.1) is 0 Å². The van der Waals surface area contributed by atoms with Crippen LogP contribution in [0.15, 0.2) is 22.8 Å². The topological polar surface area (TPSA) is 0 Å². The summed E-state index contributed by atoms with van der Waals surface area (Å²) < 4.78 is 0. The minimum absolute atomic E-state index is 0.870. The summed E-state index contributed by atoms with van der Waals surface area (Å²) in [6, 6.07) is 0. The molecule has 0 bridgehead atoms. The van der Waals surface area contributed by atoms with E-state index in [0.29, 0.717) is 0 Å². The Bertz CT molecular complexity index is 332. The van der Waals surface area contributed by atoms with Gasteiger partial charge in [-0.15, -0.1) is 0 Å². The Morgan fingerprint density at radius 2 is 1.53 bits per heavy atom. The molecule has 2 aliphatic carbocycles. The van der Waals surface area contributed by atoms with Gasteiger partial charge in [-0.05, 0) is 48.7 Å². The van der Waals surface area contributed by atoms with Crippen molar-refractivity contribution in [1.82, 2.24) is 0 Å². The molecule has 0 fully saturated rings. The number of hydrogen-bond acceptors (Lipinski definition) is 0. The van der Waals surface area contributed by atoms with Crippen molar-refractivity contribution in [3.05, 3.63) is 28.7 Å². The van der Waals surface area contributed by atoms with Crippen molar-refractivity contribution in [3.63, 3.8) is 0 Å². The Kier molecular flexibility index (Phi) is 4.12. The first-order chi connectivity index (χ1) is 8.17. The molecule has 0 spiro atoms. The van der Waals surface area contributed by atoms with E-state index in [0.717, 1.165) is 11.8 Å². The molecule has 0 heterocycles. The smallest absolute Gasteiger partial charge is 0.0231 e. The molecule has 0 aromatic rings. The van der Waals surface area contributed by atoms with Crippen LogP contribution in [0.1, 0.15) is 66.2 Å². The predicted octanol–water partition coefficient (Wildman–Crippen LogP) is 5.46. The van der Waals surface area contributed by atoms with Crippen molar-refractivity contribution in [2.24, 2.45) is 11.8 Å². The lowest BCUT2D eigenvalue weighted by Gasteiger charge is -2.30. The molecule has 2 aliphatic rings. The molecular weight excluding hydrogens is 204 g/mol. The lowest BCUT2D eigenvalue weighted by molar-refractivity contribution is 0.361. The lowest BCUT2D eigenvalue weighted by Crippen LogP contribution is -2.17. The summed E-state index contributed by atoms with van der Waals surface area (Å²) in [7, 11) is 0. The summed E-state index contributed by atoms with van der Waals surface area (Å²) in [5, 5.41) is 0. The largest absolute Gasteiger partial charge is 0.0696 e. The van der Waals surface area contributed by atoms with E-state index in [4.69, 9.17) is 0 Å². The zero-order valence-electron chi connectivity index (χ0n) is 12.0. The second-order valence-electron chi connectivity index (χ2n) is 6.01. The van der Waals surface area contributed by atoms with Gasteiger partial charge < -0.3 is 0 Å². The van der Waals surface area contributed by atoms with Crippen molar-refractivity contribution >= 4 is 0 Å². The molecule has 0 heteroatoms. The number of rotatable bonds is 4. The van der Waals surface area contributed by atoms with Gasteiger partial charge >= 0.3 is 0 Å². The summed E-state index contributed by atoms with van der Waals surface area (Å²) in [6.45, 7) is 9.45. The molecule has 0 saturated carbocycles. The van der Waals surface area contributed by atoms with Crippen LogP contribution in [-0.2, 0) is 0 Å². The fraction of sp³-hybridized carbons (Fsp3) is 0.706. The average molecular weight is 231 g/mol. The van der Waals surface area contributed by atoms with Gasteiger partial charge in [-0.3, -0.25) is 0 Å². The van der Waals surface area contributed by atoms with E-state index >= 15 is 0 Å². The molecular formula is C17H27. The van der Waals surface area contributed by atoms with Crippen LogP contribution in [0, 0.1) is 17.8 Å². The first-order valence-electron chi connectivity index (χ1n) is 7.46. The van der Waals surface area contributed by atoms with Crippen LogP contribution in [0.5, 0.6) is 0 Å². The van der Waals surface area contributed by atoms with Gasteiger partial charge in [0.2, 0.25) is 0 Å². The lowest BCUT2D eigenvalue weighted by atomic mass is 9.75. The van der Waals surface area contributed by atoms with Crippen LogP contribution >= 0.6 is 0 Å². The molecule has 0 N–H and O–H groups in total. The molecule has 0 saturated heterocycles. The van der Waals surface area contributed by atoms with E-state index in [2.05, 4.69) is 33.8 Å². The van der Waals surface area contributed by atoms with E-state index in [1.807, 2.05) is 0 Å². The Labute approximate surface area is 107 Å². The second-order valence-corrected chi connectivity index (χ2v) is 6.01. The van der Waals surface area contributed by atoms with Crippen molar-refractivity contribution in [1.29, 1.82) is 0 Å². The fourth-order valence-corrected chi connectivity index (χ4v) is 3.31. The van der Waals surface area contributed by atoms with Gasteiger partial charge in [-0.2, -0.15) is 0 Å². The minimum atomic E-state index is 0.870. The molecule has 0 aromatic heterocycles. The fourth-order valence-electron chi connectivity index (χ4n) is 3.31. The molecule has 1 radical (unpaired) electrons. The summed E-state index contributed by atoms with van der Waals surface area (Å²) in [5.74, 6) is 3.41. The molecule has 0 aromatic carbocycles. The molecule has 2 rings (SSSR count). The van der Waals surface area contributed by atoms with Crippen LogP contribution in [0.25, 0.3) is 0 Å². The summed E-state index contributed by atoms with van der Waals surface area (Å²) >= 11 is 0. The molecule has 17 heavy (non-hydrogen) atoms. The molecule has 2 unspecified atom stereocenters. The van der Waals surface area contributed by atoms with Crippen LogP contribution in [0.3, 0.4) is 0 Å². The third kappa shape index (κ3) is 2.51. The van der Waals surface area contributed by atoms with E-state index in [-0.39, 0.29) is 0 Å². The molecule has 0 nitrogen and oxygen atoms in total. The molecule has 95 valence electrons. The van der Waals surface area contributed by atoms with E-state index < -0.39 is 0 Å². The maximum atomic E-state index is 2.53. The maximum Gasteiger partial charge on any atom is 0.0231 e. The zero-order chi connectivity index (χ0) is 12.4. The summed E-state index contributed by atoms with van der Waals surface area (Å²) in [6.07, 6.45) is 10.3. The standard InChI is InChI=1S/C17H27/c1-5-7-14-11-15(8-6-2)17-10-13(4)12(3)9-16(14)17/h11-13H,5-10H2,1-4H3. The van der Waals surface area contributed by atoms with E-state index in [1.165, 1.54) is 38.5 Å². The van der Waals surface area contributed by atoms with Crippen LogP contribution < -0.4 is 0 Å². The normalized spacial score (nSPS) is 29.5. The van der Waals surface area contributed by atoms with Gasteiger partial charge in [-0.25, -0.2) is 0 Å². The predicted molar refractivity (Wildman–Crippen MR) is 75.7 cm³/mol. The van der Waals surface area contributed by atoms with E-state index in [1.54, 1.807) is 22.6 Å². The molecule has 2 atom stereocenters.